The molecule has 10 nitrogen and oxygen atoms in total. The summed E-state index contributed by atoms with van der Waals surface area (Å²) in [5, 5.41) is 14.6. The number of aliphatic carboxylic acids is 1. The van der Waals surface area contributed by atoms with Gasteiger partial charge in [-0.1, -0.05) is 95.8 Å². The highest BCUT2D eigenvalue weighted by atomic mass is 16.5. The predicted octanol–water partition coefficient (Wildman–Crippen LogP) is 7.40. The molecule has 3 N–H and O–H groups in total. The monoisotopic (exact) mass is 694 g/mol. The standard InChI is InChI=1S/C41H50N4O6/c1-7-8-9-10-11-22-51-33-19-16-29(17-20-33)32-25-42-37(43-26-32)30-14-12-28(13-15-30)23-35(39(47)44-27(2)40(48)49)45-38(46)31-18-21-34(41(3,4)5)36(24-31)50-6/h12-21,24-27,35H,7-11,22-23H2,1-6H3,(H,44,47)(H,45,46)(H,48,49)/t27-,35+/m1/s1. The maximum atomic E-state index is 13.4. The van der Waals surface area contributed by atoms with Crippen LogP contribution in [-0.2, 0) is 21.4 Å². The maximum Gasteiger partial charge on any atom is 0.325 e. The van der Waals surface area contributed by atoms with E-state index in [9.17, 15) is 19.5 Å². The molecule has 0 bridgehead atoms. The van der Waals surface area contributed by atoms with E-state index in [1.54, 1.807) is 31.6 Å². The zero-order chi connectivity index (χ0) is 37.0. The van der Waals surface area contributed by atoms with Crippen LogP contribution in [0, 0.1) is 0 Å². The highest BCUT2D eigenvalue weighted by Gasteiger charge is 2.26. The Morgan fingerprint density at radius 3 is 2.08 bits per heavy atom. The van der Waals surface area contributed by atoms with Gasteiger partial charge in [0.25, 0.3) is 5.91 Å². The largest absolute Gasteiger partial charge is 0.496 e. The van der Waals surface area contributed by atoms with Crippen molar-refractivity contribution >= 4 is 17.8 Å². The van der Waals surface area contributed by atoms with E-state index < -0.39 is 29.9 Å². The van der Waals surface area contributed by atoms with Crippen molar-refractivity contribution in [3.63, 3.8) is 0 Å². The van der Waals surface area contributed by atoms with Crippen LogP contribution in [0.2, 0.25) is 0 Å². The Kier molecular flexibility index (Phi) is 13.7. The number of aromatic nitrogens is 2. The van der Waals surface area contributed by atoms with Gasteiger partial charge in [0.15, 0.2) is 5.82 Å². The first kappa shape index (κ1) is 38.6. The van der Waals surface area contributed by atoms with Crippen LogP contribution in [0.4, 0.5) is 0 Å². The van der Waals surface area contributed by atoms with Crippen LogP contribution in [0.25, 0.3) is 22.5 Å². The number of benzene rings is 3. The number of hydrogen-bond donors (Lipinski definition) is 3. The lowest BCUT2D eigenvalue weighted by molar-refractivity contribution is -0.141. The Balaban J connectivity index is 1.43. The van der Waals surface area contributed by atoms with E-state index in [2.05, 4.69) is 27.5 Å². The molecule has 1 aromatic heterocycles. The van der Waals surface area contributed by atoms with E-state index >= 15 is 0 Å². The number of nitrogens with one attached hydrogen (secondary N) is 2. The molecule has 0 fully saturated rings. The van der Waals surface area contributed by atoms with Crippen molar-refractivity contribution in [3.05, 3.63) is 95.8 Å². The van der Waals surface area contributed by atoms with Crippen LogP contribution in [0.5, 0.6) is 11.5 Å². The van der Waals surface area contributed by atoms with Crippen LogP contribution in [0.15, 0.2) is 79.1 Å². The van der Waals surface area contributed by atoms with E-state index in [0.29, 0.717) is 23.7 Å². The van der Waals surface area contributed by atoms with Crippen LogP contribution >= 0.6 is 0 Å². The molecule has 3 aromatic carbocycles. The number of methoxy groups -OCH3 is 1. The zero-order valence-corrected chi connectivity index (χ0v) is 30.5. The minimum Gasteiger partial charge on any atom is -0.496 e. The van der Waals surface area contributed by atoms with Gasteiger partial charge in [-0.3, -0.25) is 14.4 Å². The number of carboxylic acids is 1. The molecule has 1 heterocycles. The van der Waals surface area contributed by atoms with Crippen molar-refractivity contribution in [1.29, 1.82) is 0 Å². The van der Waals surface area contributed by atoms with E-state index in [1.165, 1.54) is 32.6 Å². The summed E-state index contributed by atoms with van der Waals surface area (Å²) in [6.45, 7) is 10.4. The summed E-state index contributed by atoms with van der Waals surface area (Å²) in [6, 6.07) is 18.3. The van der Waals surface area contributed by atoms with E-state index in [0.717, 1.165) is 40.0 Å². The minimum absolute atomic E-state index is 0.125. The van der Waals surface area contributed by atoms with Crippen molar-refractivity contribution in [3.8, 4) is 34.0 Å². The normalized spacial score (nSPS) is 12.4. The zero-order valence-electron chi connectivity index (χ0n) is 30.5. The SMILES string of the molecule is CCCCCCCOc1ccc(-c2cnc(-c3ccc(C[C@H](NC(=O)c4ccc(C(C)(C)C)c(OC)c4)C(=O)N[C@H](C)C(=O)O)cc3)nc2)cc1. The number of nitrogens with zero attached hydrogens (tertiary/aromatic N) is 2. The molecule has 270 valence electrons. The fraction of sp³-hybridized carbons (Fsp3) is 0.390. The van der Waals surface area contributed by atoms with Gasteiger partial charge >= 0.3 is 5.97 Å². The van der Waals surface area contributed by atoms with Crippen LogP contribution in [0.3, 0.4) is 0 Å². The molecular weight excluding hydrogens is 644 g/mol. The van der Waals surface area contributed by atoms with Gasteiger partial charge in [-0.2, -0.15) is 0 Å². The second-order valence-corrected chi connectivity index (χ2v) is 13.7. The molecule has 0 radical (unpaired) electrons. The van der Waals surface area contributed by atoms with Gasteiger partial charge in [0, 0.05) is 35.5 Å². The summed E-state index contributed by atoms with van der Waals surface area (Å²) in [7, 11) is 1.55. The van der Waals surface area contributed by atoms with Gasteiger partial charge in [-0.25, -0.2) is 9.97 Å². The molecule has 10 heteroatoms. The highest BCUT2D eigenvalue weighted by Crippen LogP contribution is 2.32. The summed E-state index contributed by atoms with van der Waals surface area (Å²) < 4.78 is 11.4. The lowest BCUT2D eigenvalue weighted by Gasteiger charge is -2.23. The smallest absolute Gasteiger partial charge is 0.325 e. The van der Waals surface area contributed by atoms with Crippen LogP contribution in [-0.4, -0.2) is 58.7 Å². The summed E-state index contributed by atoms with van der Waals surface area (Å²) in [4.78, 5) is 47.3. The summed E-state index contributed by atoms with van der Waals surface area (Å²) in [5.41, 5.74) is 4.45. The number of amides is 2. The molecule has 0 unspecified atom stereocenters. The number of carbonyl (C=O) groups is 3. The molecule has 0 aliphatic carbocycles. The lowest BCUT2D eigenvalue weighted by atomic mass is 9.85. The van der Waals surface area contributed by atoms with Crippen molar-refractivity contribution < 1.29 is 29.0 Å². The lowest BCUT2D eigenvalue weighted by Crippen LogP contribution is -2.51. The number of unbranched alkanes of at least 4 members (excludes halogenated alkanes) is 4. The van der Waals surface area contributed by atoms with E-state index in [-0.39, 0.29) is 11.8 Å². The Morgan fingerprint density at radius 2 is 1.47 bits per heavy atom. The van der Waals surface area contributed by atoms with Gasteiger partial charge < -0.3 is 25.2 Å². The molecule has 0 aliphatic rings. The average Bonchev–Trinajstić information content (AvgIpc) is 3.12. The van der Waals surface area contributed by atoms with Crippen LogP contribution in [0.1, 0.15) is 88.2 Å². The summed E-state index contributed by atoms with van der Waals surface area (Å²) >= 11 is 0. The molecule has 0 spiro atoms. The molecule has 0 aliphatic heterocycles. The molecule has 2 amide bonds. The van der Waals surface area contributed by atoms with Gasteiger partial charge in [-0.05, 0) is 59.7 Å². The quantitative estimate of drug-likeness (QED) is 0.0973. The fourth-order valence-corrected chi connectivity index (χ4v) is 5.57. The molecular formula is C41H50N4O6. The maximum absolute atomic E-state index is 13.4. The van der Waals surface area contributed by atoms with Crippen LogP contribution < -0.4 is 20.1 Å². The molecule has 51 heavy (non-hydrogen) atoms. The van der Waals surface area contributed by atoms with Gasteiger partial charge in [0.2, 0.25) is 5.91 Å². The number of ether oxygens (including phenoxy) is 2. The van der Waals surface area contributed by atoms with Gasteiger partial charge in [-0.15, -0.1) is 0 Å². The number of rotatable bonds is 17. The van der Waals surface area contributed by atoms with Crippen molar-refractivity contribution in [2.75, 3.05) is 13.7 Å². The van der Waals surface area contributed by atoms with Gasteiger partial charge in [0.05, 0.1) is 13.7 Å². The third kappa shape index (κ3) is 11.1. The minimum atomic E-state index is -1.18. The topological polar surface area (TPSA) is 140 Å². The van der Waals surface area contributed by atoms with Crippen molar-refractivity contribution in [2.45, 2.75) is 90.6 Å². The first-order valence-electron chi connectivity index (χ1n) is 17.6. The van der Waals surface area contributed by atoms with Gasteiger partial charge in [0.1, 0.15) is 23.6 Å². The highest BCUT2D eigenvalue weighted by molar-refractivity contribution is 5.98. The Bertz CT molecular complexity index is 1750. The van der Waals surface area contributed by atoms with E-state index in [1.807, 2.05) is 75.4 Å². The fourth-order valence-electron chi connectivity index (χ4n) is 5.57. The Hall–Kier alpha value is -5.25. The third-order valence-electron chi connectivity index (χ3n) is 8.63. The van der Waals surface area contributed by atoms with Crippen molar-refractivity contribution in [2.24, 2.45) is 0 Å². The third-order valence-corrected chi connectivity index (χ3v) is 8.63. The molecule has 4 rings (SSSR count). The average molecular weight is 695 g/mol. The van der Waals surface area contributed by atoms with E-state index in [4.69, 9.17) is 9.47 Å². The first-order valence-corrected chi connectivity index (χ1v) is 17.6. The second kappa shape index (κ2) is 18.1. The summed E-state index contributed by atoms with van der Waals surface area (Å²) in [5.74, 6) is -0.325. The first-order chi connectivity index (χ1) is 24.4. The predicted molar refractivity (Wildman–Crippen MR) is 199 cm³/mol. The van der Waals surface area contributed by atoms with Crippen molar-refractivity contribution in [1.82, 2.24) is 20.6 Å². The number of hydrogen-bond acceptors (Lipinski definition) is 7. The molecule has 4 aromatic rings. The molecule has 0 saturated carbocycles. The number of carbonyl (C=O) groups excluding carboxylic acids is 2. The second-order valence-electron chi connectivity index (χ2n) is 13.7. The summed E-state index contributed by atoms with van der Waals surface area (Å²) in [6.07, 6.45) is 9.67. The Morgan fingerprint density at radius 1 is 0.824 bits per heavy atom. The Labute approximate surface area is 301 Å². The number of carboxylic acid groups (broad SMARTS) is 1. The molecule has 2 atom stereocenters. The molecule has 0 saturated heterocycles.